The maximum atomic E-state index is 4.61. The normalized spacial score (nSPS) is 14.4. The lowest BCUT2D eigenvalue weighted by atomic mass is 10.8. The number of thiocarbonyl (C=S) groups is 1. The molecule has 0 aliphatic rings. The molecule has 0 aliphatic heterocycles. The standard InChI is InChI=1S/CH6BPSSi/c2-3(5)1-4/h1H,2H2,5H3. The maximum absolute atomic E-state index is 4.61. The Morgan fingerprint density at radius 3 is 2.20 bits per heavy atom. The van der Waals surface area contributed by atoms with Gasteiger partial charge in [-0.3, -0.25) is 0 Å². The van der Waals surface area contributed by atoms with Crippen LogP contribution in [0.15, 0.2) is 0 Å². The van der Waals surface area contributed by atoms with Crippen LogP contribution in [0.3, 0.4) is 0 Å². The van der Waals surface area contributed by atoms with Crippen LogP contribution >= 0.6 is 19.6 Å². The van der Waals surface area contributed by atoms with Crippen LogP contribution in [0.25, 0.3) is 0 Å². The van der Waals surface area contributed by atoms with Gasteiger partial charge in [-0.05, 0) is 5.11 Å². The summed E-state index contributed by atoms with van der Waals surface area (Å²) in [6.45, 7) is 0. The smallest absolute Gasteiger partial charge is 0.134 e. The van der Waals surface area contributed by atoms with Gasteiger partial charge in [-0.2, -0.15) is 0 Å². The van der Waals surface area contributed by atoms with Gasteiger partial charge >= 0.3 is 0 Å². The number of hydrogen-bond donors (Lipinski definition) is 0. The Balaban J connectivity index is 2.83. The molecule has 0 saturated heterocycles. The molecule has 1 unspecified atom stereocenters. The molecule has 0 fully saturated rings. The molecule has 0 rings (SSSR count). The first kappa shape index (κ1) is 5.80. The fraction of sp³-hybridized carbons (Fsp3) is 0. The van der Waals surface area contributed by atoms with E-state index in [1.54, 1.807) is 0 Å². The van der Waals surface area contributed by atoms with Gasteiger partial charge in [0.15, 0.2) is 0 Å². The maximum Gasteiger partial charge on any atom is 0.134 e. The van der Waals surface area contributed by atoms with Crippen molar-refractivity contribution in [1.82, 2.24) is 0 Å². The second kappa shape index (κ2) is 3.01. The van der Waals surface area contributed by atoms with E-state index in [0.717, 1.165) is 0 Å². The highest BCUT2D eigenvalue weighted by molar-refractivity contribution is 8.18. The van der Waals surface area contributed by atoms with Crippen LogP contribution in [-0.2, 0) is 0 Å². The molecule has 28 valence electrons. The minimum absolute atomic E-state index is 0.230. The highest BCUT2D eigenvalue weighted by Gasteiger charge is 1.75. The summed E-state index contributed by atoms with van der Waals surface area (Å²) in [7, 11) is 3.69. The Kier molecular flexibility index (Phi) is 3.49. The second-order valence-electron chi connectivity index (χ2n) is 1.07. The molecule has 0 aromatic carbocycles. The molecule has 0 aromatic heterocycles. The molecule has 0 aromatic rings. The number of hydrogen-bond acceptors (Lipinski definition) is 1. The van der Waals surface area contributed by atoms with Crippen molar-refractivity contribution in [3.05, 3.63) is 0 Å². The van der Waals surface area contributed by atoms with Crippen LogP contribution in [0.4, 0.5) is 0 Å². The van der Waals surface area contributed by atoms with E-state index >= 15 is 0 Å². The minimum atomic E-state index is 0.230. The SMILES string of the molecule is BP([SiH3])C=S. The topological polar surface area (TPSA) is 0 Å². The Hall–Kier alpha value is 0.802. The van der Waals surface area contributed by atoms with Gasteiger partial charge in [-0.1, -0.05) is 12.2 Å². The van der Waals surface area contributed by atoms with E-state index in [9.17, 15) is 0 Å². The zero-order chi connectivity index (χ0) is 4.28. The molecule has 0 heterocycles. The van der Waals surface area contributed by atoms with E-state index in [2.05, 4.69) is 19.8 Å². The molecule has 0 saturated carbocycles. The predicted molar refractivity (Wildman–Crippen MR) is 39.1 cm³/mol. The van der Waals surface area contributed by atoms with E-state index in [-0.39, 0.29) is 7.35 Å². The van der Waals surface area contributed by atoms with Crippen molar-refractivity contribution < 1.29 is 0 Å². The zero-order valence-electron chi connectivity index (χ0n) is 3.43. The molecule has 0 spiro atoms. The molecule has 4 heteroatoms. The summed E-state index contributed by atoms with van der Waals surface area (Å²) in [4.78, 5) is 0. The third-order valence-electron chi connectivity index (χ3n) is 0.211. The van der Waals surface area contributed by atoms with Crippen molar-refractivity contribution in [2.24, 2.45) is 0 Å². The molecule has 0 amide bonds. The average molecular weight is 120 g/mol. The van der Waals surface area contributed by atoms with Gasteiger partial charge in [0.05, 0.1) is 0 Å². The van der Waals surface area contributed by atoms with Gasteiger partial charge < -0.3 is 0 Å². The fourth-order valence-electron chi connectivity index (χ4n) is 0. The number of rotatable bonds is 1. The van der Waals surface area contributed by atoms with E-state index in [0.29, 0.717) is 0 Å². The van der Waals surface area contributed by atoms with Crippen molar-refractivity contribution in [3.63, 3.8) is 0 Å². The van der Waals surface area contributed by atoms with Crippen molar-refractivity contribution in [1.29, 1.82) is 0 Å². The van der Waals surface area contributed by atoms with Crippen molar-refractivity contribution in [2.45, 2.75) is 0 Å². The molecule has 0 bridgehead atoms. The monoisotopic (exact) mass is 120 g/mol. The highest BCUT2D eigenvalue weighted by Crippen LogP contribution is 2.14. The summed E-state index contributed by atoms with van der Waals surface area (Å²) in [5.74, 6) is 0. The van der Waals surface area contributed by atoms with Gasteiger partial charge in [0.2, 0.25) is 0 Å². The second-order valence-corrected chi connectivity index (χ2v) is 8.07. The van der Waals surface area contributed by atoms with E-state index < -0.39 is 0 Å². The van der Waals surface area contributed by atoms with Gasteiger partial charge in [-0.15, -0.1) is 7.35 Å². The van der Waals surface area contributed by atoms with Gasteiger partial charge in [-0.25, -0.2) is 0 Å². The largest absolute Gasteiger partial charge is 0.135 e. The third kappa shape index (κ3) is 4.80. The van der Waals surface area contributed by atoms with Crippen LogP contribution in [-0.4, -0.2) is 22.6 Å². The summed E-state index contributed by atoms with van der Waals surface area (Å²) in [5.41, 5.74) is 0. The van der Waals surface area contributed by atoms with Crippen molar-refractivity contribution in [3.8, 4) is 0 Å². The summed E-state index contributed by atoms with van der Waals surface area (Å²) < 4.78 is 0. The summed E-state index contributed by atoms with van der Waals surface area (Å²) in [6.07, 6.45) is 0. The average Bonchev–Trinajstić information content (AvgIpc) is 1.38. The highest BCUT2D eigenvalue weighted by atomic mass is 32.1. The van der Waals surface area contributed by atoms with Crippen LogP contribution in [0.5, 0.6) is 0 Å². The minimum Gasteiger partial charge on any atom is -0.135 e. The van der Waals surface area contributed by atoms with Crippen LogP contribution in [0, 0.1) is 0 Å². The molecule has 0 radical (unpaired) electrons. The lowest BCUT2D eigenvalue weighted by Crippen LogP contribution is -1.63. The molecule has 5 heavy (non-hydrogen) atoms. The Morgan fingerprint density at radius 2 is 2.20 bits per heavy atom. The zero-order valence-corrected chi connectivity index (χ0v) is 7.14. The first-order valence-electron chi connectivity index (χ1n) is 1.39. The van der Waals surface area contributed by atoms with Crippen LogP contribution < -0.4 is 0 Å². The first-order chi connectivity index (χ1) is 2.27. The van der Waals surface area contributed by atoms with Gasteiger partial charge in [0.25, 0.3) is 0 Å². The predicted octanol–water partition coefficient (Wildman–Crippen LogP) is -0.746. The fourth-order valence-corrected chi connectivity index (χ4v) is 0. The summed E-state index contributed by atoms with van der Waals surface area (Å²) in [6, 6.07) is 0. The molecule has 0 nitrogen and oxygen atoms in total. The van der Waals surface area contributed by atoms with Crippen molar-refractivity contribution in [2.75, 3.05) is 0 Å². The lowest BCUT2D eigenvalue weighted by Gasteiger charge is -1.83. The lowest BCUT2D eigenvalue weighted by molar-refractivity contribution is 4.18. The van der Waals surface area contributed by atoms with E-state index in [4.69, 9.17) is 0 Å². The summed E-state index contributed by atoms with van der Waals surface area (Å²) in [5, 5.41) is 1.88. The quantitative estimate of drug-likeness (QED) is 0.249. The third-order valence-corrected chi connectivity index (χ3v) is 3.79. The molecule has 1 atom stereocenters. The van der Waals surface area contributed by atoms with Crippen LogP contribution in [0.1, 0.15) is 0 Å². The van der Waals surface area contributed by atoms with Crippen molar-refractivity contribution >= 4 is 42.2 Å². The molecule has 0 N–H and O–H groups in total. The summed E-state index contributed by atoms with van der Waals surface area (Å²) >= 11 is 4.61. The molecule has 0 aliphatic carbocycles. The van der Waals surface area contributed by atoms with Gasteiger partial charge in [0.1, 0.15) is 7.57 Å². The van der Waals surface area contributed by atoms with E-state index in [1.807, 2.05) is 5.11 Å². The Morgan fingerprint density at radius 1 is 2.00 bits per heavy atom. The Bertz CT molecular complexity index is 38.6. The van der Waals surface area contributed by atoms with E-state index in [1.165, 1.54) is 9.91 Å². The Labute approximate surface area is 42.7 Å². The molecular weight excluding hydrogens is 114 g/mol. The molecular formula is CH6BPSSi. The van der Waals surface area contributed by atoms with Crippen LogP contribution in [0.2, 0.25) is 0 Å². The first-order valence-corrected chi connectivity index (χ1v) is 6.85. The van der Waals surface area contributed by atoms with Gasteiger partial charge in [0, 0.05) is 9.91 Å².